The number of aryl methyl sites for hydroxylation is 1. The Morgan fingerprint density at radius 2 is 2.05 bits per heavy atom. The molecule has 1 aliphatic heterocycles. The first kappa shape index (κ1) is 12.0. The van der Waals surface area contributed by atoms with Gasteiger partial charge in [0.25, 0.3) is 0 Å². The Morgan fingerprint density at radius 1 is 1.26 bits per heavy atom. The summed E-state index contributed by atoms with van der Waals surface area (Å²) in [6.07, 6.45) is -0.622. The topological polar surface area (TPSA) is 30.2 Å². The average Bonchev–Trinajstić information content (AvgIpc) is 2.96. The highest BCUT2D eigenvalue weighted by Crippen LogP contribution is 2.32. The number of aliphatic imine (C=N–C) groups is 1. The summed E-state index contributed by atoms with van der Waals surface area (Å²) < 4.78 is 39.5. The fraction of sp³-hybridized carbons (Fsp3) is 0.231. The predicted molar refractivity (Wildman–Crippen MR) is 66.3 cm³/mol. The third kappa shape index (κ3) is 1.93. The maximum atomic E-state index is 12.7. The summed E-state index contributed by atoms with van der Waals surface area (Å²) in [6.45, 7) is 0.591. The Morgan fingerprint density at radius 3 is 2.68 bits per heavy atom. The van der Waals surface area contributed by atoms with Crippen LogP contribution in [-0.2, 0) is 13.2 Å². The Kier molecular flexibility index (Phi) is 2.48. The number of halogens is 3. The molecule has 0 unspecified atom stereocenters. The van der Waals surface area contributed by atoms with Crippen molar-refractivity contribution in [2.75, 3.05) is 6.54 Å². The van der Waals surface area contributed by atoms with Gasteiger partial charge in [-0.3, -0.25) is 9.67 Å². The minimum atomic E-state index is -4.34. The number of rotatable bonds is 1. The molecule has 2 heterocycles. The molecular weight excluding hydrogens is 255 g/mol. The minimum absolute atomic E-state index is 0.452. The summed E-state index contributed by atoms with van der Waals surface area (Å²) in [5.41, 5.74) is 1.12. The van der Waals surface area contributed by atoms with Crippen molar-refractivity contribution in [2.45, 2.75) is 6.18 Å². The van der Waals surface area contributed by atoms with Crippen LogP contribution in [0.3, 0.4) is 0 Å². The average molecular weight is 265 g/mol. The quantitative estimate of drug-likeness (QED) is 0.779. The molecule has 2 aromatic rings. The Hall–Kier alpha value is -2.11. The molecule has 1 aromatic heterocycles. The monoisotopic (exact) mass is 265 g/mol. The van der Waals surface area contributed by atoms with Gasteiger partial charge in [-0.2, -0.15) is 18.3 Å². The van der Waals surface area contributed by atoms with Crippen LogP contribution in [0.25, 0.3) is 10.9 Å². The van der Waals surface area contributed by atoms with E-state index in [1.54, 1.807) is 7.05 Å². The number of hydrogen-bond acceptors (Lipinski definition) is 2. The van der Waals surface area contributed by atoms with Gasteiger partial charge in [0.2, 0.25) is 0 Å². The molecule has 19 heavy (non-hydrogen) atoms. The first-order valence-electron chi connectivity index (χ1n) is 5.72. The Balaban J connectivity index is 2.21. The first-order chi connectivity index (χ1) is 8.97. The van der Waals surface area contributed by atoms with Gasteiger partial charge in [0.1, 0.15) is 5.69 Å². The molecule has 0 radical (unpaired) electrons. The fourth-order valence-electron chi connectivity index (χ4n) is 2.14. The molecule has 98 valence electrons. The van der Waals surface area contributed by atoms with E-state index in [9.17, 15) is 13.2 Å². The van der Waals surface area contributed by atoms with Crippen LogP contribution in [0, 0.1) is 0 Å². The zero-order chi connectivity index (χ0) is 13.6. The van der Waals surface area contributed by atoms with Gasteiger partial charge in [0.15, 0.2) is 0 Å². The second-order valence-electron chi connectivity index (χ2n) is 4.33. The van der Waals surface area contributed by atoms with Crippen LogP contribution in [-0.4, -0.2) is 22.0 Å². The molecule has 1 aromatic carbocycles. The number of fused-ring (bicyclic) bond motifs is 1. The summed E-state index contributed by atoms with van der Waals surface area (Å²) in [5, 5.41) is 4.94. The van der Waals surface area contributed by atoms with E-state index in [0.29, 0.717) is 28.9 Å². The lowest BCUT2D eigenvalue weighted by molar-refractivity contribution is -0.137. The second-order valence-corrected chi connectivity index (χ2v) is 4.33. The minimum Gasteiger partial charge on any atom is -0.279 e. The van der Waals surface area contributed by atoms with Crippen LogP contribution in [0.2, 0.25) is 0 Å². The third-order valence-electron chi connectivity index (χ3n) is 3.06. The number of allylic oxidation sites excluding steroid dienone is 1. The van der Waals surface area contributed by atoms with Crippen molar-refractivity contribution in [3.05, 3.63) is 41.6 Å². The van der Waals surface area contributed by atoms with E-state index in [-0.39, 0.29) is 0 Å². The zero-order valence-electron chi connectivity index (χ0n) is 10.1. The predicted octanol–water partition coefficient (Wildman–Crippen LogP) is 2.95. The first-order valence-corrected chi connectivity index (χ1v) is 5.72. The van der Waals surface area contributed by atoms with E-state index in [4.69, 9.17) is 0 Å². The van der Waals surface area contributed by atoms with Crippen molar-refractivity contribution >= 4 is 16.6 Å². The molecule has 3 rings (SSSR count). The molecule has 0 aliphatic carbocycles. The van der Waals surface area contributed by atoms with Crippen molar-refractivity contribution in [3.8, 4) is 0 Å². The molecule has 0 fully saturated rings. The van der Waals surface area contributed by atoms with Crippen molar-refractivity contribution in [1.82, 2.24) is 9.78 Å². The summed E-state index contributed by atoms with van der Waals surface area (Å²) in [6, 6.07) is 3.65. The molecule has 0 saturated carbocycles. The smallest absolute Gasteiger partial charge is 0.279 e. The van der Waals surface area contributed by atoms with Crippen LogP contribution < -0.4 is 0 Å². The third-order valence-corrected chi connectivity index (χ3v) is 3.06. The number of hydrogen-bond donors (Lipinski definition) is 0. The van der Waals surface area contributed by atoms with E-state index >= 15 is 0 Å². The normalized spacial score (nSPS) is 15.3. The van der Waals surface area contributed by atoms with Crippen molar-refractivity contribution < 1.29 is 13.2 Å². The van der Waals surface area contributed by atoms with E-state index in [2.05, 4.69) is 10.1 Å². The highest BCUT2D eigenvalue weighted by atomic mass is 19.4. The standard InChI is InChI=1S/C13H10F3N3/c1-19-11-7-8(13(14,15)16)4-5-9(11)12(18-19)10-3-2-6-17-10/h2-5,7H,6H2,1H3. The lowest BCUT2D eigenvalue weighted by atomic mass is 10.1. The second kappa shape index (κ2) is 3.94. The van der Waals surface area contributed by atoms with Crippen molar-refractivity contribution in [1.29, 1.82) is 0 Å². The molecule has 6 heteroatoms. The van der Waals surface area contributed by atoms with Gasteiger partial charge >= 0.3 is 6.18 Å². The van der Waals surface area contributed by atoms with Gasteiger partial charge in [0, 0.05) is 12.4 Å². The van der Waals surface area contributed by atoms with Gasteiger partial charge in [0.05, 0.1) is 23.3 Å². The van der Waals surface area contributed by atoms with E-state index in [1.807, 2.05) is 12.2 Å². The highest BCUT2D eigenvalue weighted by molar-refractivity contribution is 6.15. The zero-order valence-corrected chi connectivity index (χ0v) is 10.1. The molecule has 0 N–H and O–H groups in total. The van der Waals surface area contributed by atoms with Crippen molar-refractivity contribution in [3.63, 3.8) is 0 Å². The van der Waals surface area contributed by atoms with Crippen LogP contribution in [0.15, 0.2) is 35.3 Å². The number of aromatic nitrogens is 2. The molecular formula is C13H10F3N3. The van der Waals surface area contributed by atoms with Gasteiger partial charge < -0.3 is 0 Å². The highest BCUT2D eigenvalue weighted by Gasteiger charge is 2.31. The molecule has 0 bridgehead atoms. The summed E-state index contributed by atoms with van der Waals surface area (Å²) >= 11 is 0. The van der Waals surface area contributed by atoms with Crippen LogP contribution in [0.1, 0.15) is 11.3 Å². The number of benzene rings is 1. The van der Waals surface area contributed by atoms with Crippen molar-refractivity contribution in [2.24, 2.45) is 12.0 Å². The van der Waals surface area contributed by atoms with Gasteiger partial charge in [-0.25, -0.2) is 0 Å². The maximum Gasteiger partial charge on any atom is 0.416 e. The summed E-state index contributed by atoms with van der Waals surface area (Å²) in [4.78, 5) is 4.25. The fourth-order valence-corrected chi connectivity index (χ4v) is 2.14. The Bertz CT molecular complexity index is 708. The summed E-state index contributed by atoms with van der Waals surface area (Å²) in [5.74, 6) is 0. The lowest BCUT2D eigenvalue weighted by Gasteiger charge is -2.06. The number of nitrogens with zero attached hydrogens (tertiary/aromatic N) is 3. The molecule has 0 saturated heterocycles. The molecule has 3 nitrogen and oxygen atoms in total. The van der Waals surface area contributed by atoms with E-state index < -0.39 is 11.7 Å². The van der Waals surface area contributed by atoms with Gasteiger partial charge in [-0.15, -0.1) is 0 Å². The maximum absolute atomic E-state index is 12.7. The van der Waals surface area contributed by atoms with E-state index in [0.717, 1.165) is 12.1 Å². The molecule has 0 spiro atoms. The summed E-state index contributed by atoms with van der Waals surface area (Å²) in [7, 11) is 1.63. The SMILES string of the molecule is Cn1nc(C2=NCC=C2)c2ccc(C(F)(F)F)cc21. The molecule has 0 atom stereocenters. The van der Waals surface area contributed by atoms with Crippen LogP contribution in [0.4, 0.5) is 13.2 Å². The Labute approximate surface area is 107 Å². The van der Waals surface area contributed by atoms with Gasteiger partial charge in [-0.1, -0.05) is 6.08 Å². The molecule has 1 aliphatic rings. The largest absolute Gasteiger partial charge is 0.416 e. The van der Waals surface area contributed by atoms with Gasteiger partial charge in [-0.05, 0) is 24.3 Å². The van der Waals surface area contributed by atoms with Crippen LogP contribution >= 0.6 is 0 Å². The van der Waals surface area contributed by atoms with E-state index in [1.165, 1.54) is 10.7 Å². The number of alkyl halides is 3. The lowest BCUT2D eigenvalue weighted by Crippen LogP contribution is -2.04. The van der Waals surface area contributed by atoms with Crippen LogP contribution in [0.5, 0.6) is 0 Å². The molecule has 0 amide bonds.